The number of carbonyl (C=O) groups excluding carboxylic acids is 3. The zero-order valence-electron chi connectivity index (χ0n) is 20.4. The van der Waals surface area contributed by atoms with Gasteiger partial charge in [0.1, 0.15) is 6.04 Å². The second-order valence-electron chi connectivity index (χ2n) is 8.22. The Morgan fingerprint density at radius 3 is 2.21 bits per heavy atom. The molecule has 0 saturated heterocycles. The number of nitrogens with one attached hydrogen (secondary N) is 2. The third-order valence-corrected chi connectivity index (χ3v) is 6.56. The van der Waals surface area contributed by atoms with Gasteiger partial charge in [0.25, 0.3) is 11.8 Å². The van der Waals surface area contributed by atoms with Crippen LogP contribution < -0.4 is 10.6 Å². The molecule has 206 valence electrons. The molecule has 0 fully saturated rings. The highest BCUT2D eigenvalue weighted by molar-refractivity contribution is 7.98. The van der Waals surface area contributed by atoms with Crippen molar-refractivity contribution in [3.05, 3.63) is 99.5 Å². The van der Waals surface area contributed by atoms with Gasteiger partial charge in [0.05, 0.1) is 11.3 Å². The van der Waals surface area contributed by atoms with Gasteiger partial charge in [-0.1, -0.05) is 53.5 Å². The van der Waals surface area contributed by atoms with Crippen LogP contribution in [0.25, 0.3) is 0 Å². The second kappa shape index (κ2) is 13.7. The minimum absolute atomic E-state index is 0.167. The highest BCUT2D eigenvalue weighted by atomic mass is 35.5. The van der Waals surface area contributed by atoms with E-state index in [9.17, 15) is 27.6 Å². The Balaban J connectivity index is 1.87. The predicted molar refractivity (Wildman–Crippen MR) is 146 cm³/mol. The molecular weight excluding hydrogens is 576 g/mol. The van der Waals surface area contributed by atoms with E-state index in [-0.39, 0.29) is 22.6 Å². The molecule has 6 nitrogen and oxygen atoms in total. The number of rotatable bonds is 10. The number of amides is 2. The van der Waals surface area contributed by atoms with Gasteiger partial charge in [-0.05, 0) is 60.9 Å². The van der Waals surface area contributed by atoms with Crippen LogP contribution in [-0.4, -0.2) is 35.8 Å². The normalized spacial score (nSPS) is 12.8. The lowest BCUT2D eigenvalue weighted by atomic mass is 10.1. The summed E-state index contributed by atoms with van der Waals surface area (Å²) in [6.45, 7) is 0. The van der Waals surface area contributed by atoms with Gasteiger partial charge in [-0.25, -0.2) is 4.79 Å². The smallest absolute Gasteiger partial charge is 0.418 e. The molecule has 3 aromatic carbocycles. The van der Waals surface area contributed by atoms with Gasteiger partial charge in [-0.15, -0.1) is 0 Å². The van der Waals surface area contributed by atoms with Gasteiger partial charge >= 0.3 is 12.1 Å². The average molecular weight is 599 g/mol. The van der Waals surface area contributed by atoms with E-state index in [1.807, 2.05) is 6.26 Å². The van der Waals surface area contributed by atoms with Gasteiger partial charge in [-0.2, -0.15) is 24.9 Å². The minimum atomic E-state index is -4.80. The molecule has 0 aromatic heterocycles. The van der Waals surface area contributed by atoms with Crippen molar-refractivity contribution in [2.24, 2.45) is 0 Å². The van der Waals surface area contributed by atoms with Gasteiger partial charge in [0, 0.05) is 21.2 Å². The molecule has 12 heteroatoms. The number of hydrogen-bond donors (Lipinski definition) is 2. The predicted octanol–water partition coefficient (Wildman–Crippen LogP) is 6.79. The fraction of sp³-hybridized carbons (Fsp3) is 0.222. The standard InChI is InChI=1S/C27H23Cl2F3N2O4S/c1-39-14-13-22(34-24(35)17-7-9-18(28)10-8-17)26(37)38-23(16-5-3-2-4-6-16)25(36)33-21-12-11-19(29)15-20(21)27(30,31)32/h2-12,15,22-23H,13-14H2,1H3,(H,33,36)(H,34,35)/t22-,23-/m1/s1. The van der Waals surface area contributed by atoms with Gasteiger partial charge in [0.2, 0.25) is 6.10 Å². The summed E-state index contributed by atoms with van der Waals surface area (Å²) in [6.07, 6.45) is -4.42. The maximum atomic E-state index is 13.6. The van der Waals surface area contributed by atoms with Crippen molar-refractivity contribution in [2.45, 2.75) is 24.7 Å². The lowest BCUT2D eigenvalue weighted by Crippen LogP contribution is -2.43. The number of esters is 1. The van der Waals surface area contributed by atoms with Crippen LogP contribution in [0.5, 0.6) is 0 Å². The van der Waals surface area contributed by atoms with Gasteiger partial charge in [-0.3, -0.25) is 9.59 Å². The van der Waals surface area contributed by atoms with Crippen LogP contribution in [0, 0.1) is 0 Å². The molecule has 0 aliphatic heterocycles. The summed E-state index contributed by atoms with van der Waals surface area (Å²) >= 11 is 13.0. The largest absolute Gasteiger partial charge is 0.446 e. The Labute approximate surface area is 237 Å². The number of benzene rings is 3. The maximum Gasteiger partial charge on any atom is 0.418 e. The SMILES string of the molecule is CSCC[C@@H](NC(=O)c1ccc(Cl)cc1)C(=O)O[C@@H](C(=O)Nc1ccc(Cl)cc1C(F)(F)F)c1ccccc1. The fourth-order valence-corrected chi connectivity index (χ4v) is 4.25. The first-order valence-electron chi connectivity index (χ1n) is 11.5. The number of ether oxygens (including phenoxy) is 1. The first-order valence-corrected chi connectivity index (χ1v) is 13.6. The third-order valence-electron chi connectivity index (χ3n) is 5.43. The summed E-state index contributed by atoms with van der Waals surface area (Å²) in [7, 11) is 0. The average Bonchev–Trinajstić information content (AvgIpc) is 2.90. The van der Waals surface area contributed by atoms with E-state index < -0.39 is 47.4 Å². The molecule has 2 amide bonds. The fourth-order valence-electron chi connectivity index (χ4n) is 3.48. The van der Waals surface area contributed by atoms with Crippen LogP contribution in [0.3, 0.4) is 0 Å². The first-order chi connectivity index (χ1) is 18.5. The first kappa shape index (κ1) is 30.3. The van der Waals surface area contributed by atoms with Crippen LogP contribution in [0.4, 0.5) is 18.9 Å². The monoisotopic (exact) mass is 598 g/mol. The quantitative estimate of drug-likeness (QED) is 0.251. The molecule has 2 atom stereocenters. The Morgan fingerprint density at radius 2 is 1.59 bits per heavy atom. The number of halogens is 5. The van der Waals surface area contributed by atoms with Crippen molar-refractivity contribution < 1.29 is 32.3 Å². The topological polar surface area (TPSA) is 84.5 Å². The van der Waals surface area contributed by atoms with Gasteiger partial charge in [0.15, 0.2) is 0 Å². The molecule has 0 spiro atoms. The Kier molecular flexibility index (Phi) is 10.7. The lowest BCUT2D eigenvalue weighted by Gasteiger charge is -2.23. The van der Waals surface area contributed by atoms with E-state index >= 15 is 0 Å². The molecule has 0 radical (unpaired) electrons. The number of hydrogen-bond acceptors (Lipinski definition) is 5. The van der Waals surface area contributed by atoms with Crippen LogP contribution in [0.15, 0.2) is 72.8 Å². The molecule has 3 rings (SSSR count). The van der Waals surface area contributed by atoms with Crippen molar-refractivity contribution in [1.82, 2.24) is 5.32 Å². The molecule has 3 aromatic rings. The molecule has 2 N–H and O–H groups in total. The van der Waals surface area contributed by atoms with Gasteiger partial charge < -0.3 is 15.4 Å². The van der Waals surface area contributed by atoms with Crippen LogP contribution in [0.1, 0.15) is 34.0 Å². The zero-order chi connectivity index (χ0) is 28.6. The molecule has 0 aliphatic carbocycles. The van der Waals surface area contributed by atoms with E-state index in [1.165, 1.54) is 54.2 Å². The molecule has 0 heterocycles. The van der Waals surface area contributed by atoms with E-state index in [0.717, 1.165) is 6.07 Å². The molecule has 0 bridgehead atoms. The minimum Gasteiger partial charge on any atom is -0.446 e. The Hall–Kier alpha value is -3.21. The summed E-state index contributed by atoms with van der Waals surface area (Å²) in [4.78, 5) is 39.2. The summed E-state index contributed by atoms with van der Waals surface area (Å²) in [5, 5.41) is 5.07. The summed E-state index contributed by atoms with van der Waals surface area (Å²) in [5.74, 6) is -2.04. The van der Waals surface area contributed by atoms with Crippen LogP contribution >= 0.6 is 35.0 Å². The van der Waals surface area contributed by atoms with Crippen LogP contribution in [0.2, 0.25) is 10.0 Å². The molecular formula is C27H23Cl2F3N2O4S. The van der Waals surface area contributed by atoms with E-state index in [2.05, 4.69) is 10.6 Å². The summed E-state index contributed by atoms with van der Waals surface area (Å²) in [6, 6.07) is 15.6. The number of carbonyl (C=O) groups is 3. The van der Waals surface area contributed by atoms with Crippen molar-refractivity contribution in [1.29, 1.82) is 0 Å². The maximum absolute atomic E-state index is 13.6. The van der Waals surface area contributed by atoms with Crippen LogP contribution in [-0.2, 0) is 20.5 Å². The second-order valence-corrected chi connectivity index (χ2v) is 10.1. The highest BCUT2D eigenvalue weighted by Gasteiger charge is 2.36. The van der Waals surface area contributed by atoms with Crippen molar-refractivity contribution in [2.75, 3.05) is 17.3 Å². The van der Waals surface area contributed by atoms with Crippen molar-refractivity contribution in [3.8, 4) is 0 Å². The Bertz CT molecular complexity index is 1310. The van der Waals surface area contributed by atoms with Crippen molar-refractivity contribution in [3.63, 3.8) is 0 Å². The molecule has 39 heavy (non-hydrogen) atoms. The summed E-state index contributed by atoms with van der Waals surface area (Å²) < 4.78 is 46.3. The number of anilines is 1. The number of thioether (sulfide) groups is 1. The molecule has 0 aliphatic rings. The lowest BCUT2D eigenvalue weighted by molar-refractivity contribution is -0.156. The molecule has 0 saturated carbocycles. The number of alkyl halides is 3. The molecule has 0 unspecified atom stereocenters. The summed E-state index contributed by atoms with van der Waals surface area (Å²) in [5.41, 5.74) is -1.24. The highest BCUT2D eigenvalue weighted by Crippen LogP contribution is 2.37. The zero-order valence-corrected chi connectivity index (χ0v) is 22.8. The van der Waals surface area contributed by atoms with Crippen molar-refractivity contribution >= 4 is 58.4 Å². The van der Waals surface area contributed by atoms with E-state index in [0.29, 0.717) is 16.8 Å². The Morgan fingerprint density at radius 1 is 0.949 bits per heavy atom. The van der Waals surface area contributed by atoms with E-state index in [1.54, 1.807) is 18.2 Å². The third kappa shape index (κ3) is 8.64. The van der Waals surface area contributed by atoms with E-state index in [4.69, 9.17) is 27.9 Å².